The normalized spacial score (nSPS) is 15.1. The fourth-order valence-electron chi connectivity index (χ4n) is 4.09. The Morgan fingerprint density at radius 1 is 0.935 bits per heavy atom. The summed E-state index contributed by atoms with van der Waals surface area (Å²) in [4.78, 5) is 30.4. The molecule has 4 rings (SSSR count). The Labute approximate surface area is 188 Å². The molecule has 0 N–H and O–H groups in total. The highest BCUT2D eigenvalue weighted by Gasteiger charge is 2.42. The van der Waals surface area contributed by atoms with E-state index in [0.717, 1.165) is 16.7 Å². The minimum atomic E-state index is -0.598. The second kappa shape index (κ2) is 9.36. The van der Waals surface area contributed by atoms with Crippen LogP contribution in [0.25, 0.3) is 0 Å². The van der Waals surface area contributed by atoms with Crippen LogP contribution in [0.15, 0.2) is 78.9 Å². The third-order valence-corrected chi connectivity index (χ3v) is 6.01. The fourth-order valence-corrected chi connectivity index (χ4v) is 4.22. The average Bonchev–Trinajstić information content (AvgIpc) is 3.09. The van der Waals surface area contributed by atoms with E-state index in [1.807, 2.05) is 90.7 Å². The van der Waals surface area contributed by atoms with Crippen LogP contribution in [0, 0.1) is 0 Å². The van der Waals surface area contributed by atoms with Crippen molar-refractivity contribution in [3.8, 4) is 0 Å². The molecule has 1 aliphatic heterocycles. The first-order valence-corrected chi connectivity index (χ1v) is 10.9. The molecule has 3 aromatic carbocycles. The van der Waals surface area contributed by atoms with E-state index in [9.17, 15) is 9.59 Å². The number of fused-ring (bicyclic) bond motifs is 1. The first-order valence-electron chi connectivity index (χ1n) is 10.6. The predicted molar refractivity (Wildman–Crippen MR) is 123 cm³/mol. The molecular formula is C26H25ClN2O2. The Bertz CT molecular complexity index is 1070. The Kier molecular flexibility index (Phi) is 6.38. The van der Waals surface area contributed by atoms with Crippen LogP contribution in [-0.2, 0) is 17.8 Å². The van der Waals surface area contributed by atoms with E-state index in [4.69, 9.17) is 11.6 Å². The van der Waals surface area contributed by atoms with Gasteiger partial charge in [0.15, 0.2) is 0 Å². The molecular weight excluding hydrogens is 408 g/mol. The van der Waals surface area contributed by atoms with Crippen molar-refractivity contribution in [1.82, 2.24) is 9.80 Å². The van der Waals surface area contributed by atoms with Gasteiger partial charge < -0.3 is 9.80 Å². The fraction of sp³-hybridized carbons (Fsp3) is 0.231. The molecule has 4 nitrogen and oxygen atoms in total. The van der Waals surface area contributed by atoms with Gasteiger partial charge >= 0.3 is 0 Å². The molecule has 1 heterocycles. The van der Waals surface area contributed by atoms with E-state index >= 15 is 0 Å². The maximum atomic E-state index is 13.7. The number of benzene rings is 3. The second-order valence-electron chi connectivity index (χ2n) is 7.70. The number of likely N-dealkylation sites (N-methyl/N-ethyl adjacent to an activating group) is 1. The van der Waals surface area contributed by atoms with Crippen LogP contribution in [0.1, 0.15) is 40.0 Å². The molecule has 2 amide bonds. The lowest BCUT2D eigenvalue weighted by Crippen LogP contribution is -2.42. The number of amides is 2. The van der Waals surface area contributed by atoms with Gasteiger partial charge in [0.1, 0.15) is 6.04 Å². The van der Waals surface area contributed by atoms with Gasteiger partial charge in [-0.25, -0.2) is 0 Å². The monoisotopic (exact) mass is 432 g/mol. The van der Waals surface area contributed by atoms with Crippen molar-refractivity contribution in [3.05, 3.63) is 106 Å². The molecule has 0 fully saturated rings. The van der Waals surface area contributed by atoms with Crippen molar-refractivity contribution < 1.29 is 9.59 Å². The number of carbonyl (C=O) groups is 2. The minimum Gasteiger partial charge on any atom is -0.337 e. The highest BCUT2D eigenvalue weighted by atomic mass is 35.5. The second-order valence-corrected chi connectivity index (χ2v) is 8.14. The summed E-state index contributed by atoms with van der Waals surface area (Å²) in [5.74, 6) is -0.126. The summed E-state index contributed by atoms with van der Waals surface area (Å²) in [6.07, 6.45) is 0.658. The Morgan fingerprint density at radius 2 is 1.61 bits per heavy atom. The summed E-state index contributed by atoms with van der Waals surface area (Å²) < 4.78 is 0. The predicted octanol–water partition coefficient (Wildman–Crippen LogP) is 5.13. The van der Waals surface area contributed by atoms with Gasteiger partial charge in [-0.1, -0.05) is 72.3 Å². The molecule has 1 unspecified atom stereocenters. The van der Waals surface area contributed by atoms with Crippen LogP contribution in [0.3, 0.4) is 0 Å². The summed E-state index contributed by atoms with van der Waals surface area (Å²) in [6.45, 7) is 3.54. The van der Waals surface area contributed by atoms with Crippen LogP contribution in [0.4, 0.5) is 0 Å². The van der Waals surface area contributed by atoms with Crippen molar-refractivity contribution in [2.24, 2.45) is 0 Å². The molecule has 0 spiro atoms. The Morgan fingerprint density at radius 3 is 2.32 bits per heavy atom. The van der Waals surface area contributed by atoms with E-state index < -0.39 is 6.04 Å². The van der Waals surface area contributed by atoms with Crippen LogP contribution >= 0.6 is 11.6 Å². The van der Waals surface area contributed by atoms with E-state index in [2.05, 4.69) is 0 Å². The van der Waals surface area contributed by atoms with Crippen LogP contribution in [-0.4, -0.2) is 34.7 Å². The molecule has 3 aromatic rings. The molecule has 31 heavy (non-hydrogen) atoms. The summed E-state index contributed by atoms with van der Waals surface area (Å²) in [5, 5.41) is 0.681. The zero-order chi connectivity index (χ0) is 21.8. The number of carbonyl (C=O) groups excluding carboxylic acids is 2. The highest BCUT2D eigenvalue weighted by molar-refractivity contribution is 6.30. The molecule has 1 atom stereocenters. The number of halogens is 1. The molecule has 0 bridgehead atoms. The number of rotatable bonds is 7. The van der Waals surface area contributed by atoms with E-state index in [1.165, 1.54) is 0 Å². The number of nitrogens with zero attached hydrogens (tertiary/aromatic N) is 2. The number of hydrogen-bond donors (Lipinski definition) is 0. The minimum absolute atomic E-state index is 0.0410. The van der Waals surface area contributed by atoms with E-state index in [1.54, 1.807) is 4.90 Å². The van der Waals surface area contributed by atoms with Crippen LogP contribution in [0.2, 0.25) is 5.02 Å². The van der Waals surface area contributed by atoms with E-state index in [-0.39, 0.29) is 11.8 Å². The molecule has 0 saturated carbocycles. The van der Waals surface area contributed by atoms with Gasteiger partial charge in [-0.15, -0.1) is 0 Å². The summed E-state index contributed by atoms with van der Waals surface area (Å²) in [5.41, 5.74) is 3.56. The molecule has 0 saturated heterocycles. The largest absolute Gasteiger partial charge is 0.337 e. The smallest absolute Gasteiger partial charge is 0.255 e. The van der Waals surface area contributed by atoms with Gasteiger partial charge in [0.05, 0.1) is 0 Å². The van der Waals surface area contributed by atoms with Crippen molar-refractivity contribution in [3.63, 3.8) is 0 Å². The zero-order valence-electron chi connectivity index (χ0n) is 17.5. The van der Waals surface area contributed by atoms with Gasteiger partial charge in [-0.3, -0.25) is 9.59 Å². The molecule has 0 aromatic heterocycles. The Hall–Kier alpha value is -3.11. The lowest BCUT2D eigenvalue weighted by Gasteiger charge is -2.30. The lowest BCUT2D eigenvalue weighted by molar-refractivity contribution is -0.136. The first-order chi connectivity index (χ1) is 15.1. The third kappa shape index (κ3) is 4.49. The zero-order valence-corrected chi connectivity index (χ0v) is 18.3. The SMILES string of the molecule is CCN(Cc1ccccc1)C(=O)C1c2ccccc2C(=O)N1CCc1ccc(Cl)cc1. The standard InChI is InChI=1S/C26H25ClN2O2/c1-2-28(18-20-8-4-3-5-9-20)26(31)24-22-10-6-7-11-23(22)25(30)29(24)17-16-19-12-14-21(27)15-13-19/h3-15,24H,2,16-18H2,1H3. The maximum absolute atomic E-state index is 13.7. The molecule has 158 valence electrons. The quantitative estimate of drug-likeness (QED) is 0.519. The van der Waals surface area contributed by atoms with Crippen LogP contribution in [0.5, 0.6) is 0 Å². The topological polar surface area (TPSA) is 40.6 Å². The summed E-state index contributed by atoms with van der Waals surface area (Å²) >= 11 is 5.99. The van der Waals surface area contributed by atoms with Crippen molar-refractivity contribution in [2.45, 2.75) is 25.9 Å². The lowest BCUT2D eigenvalue weighted by atomic mass is 10.0. The van der Waals surface area contributed by atoms with Gasteiger partial charge in [-0.2, -0.15) is 0 Å². The molecule has 5 heteroatoms. The third-order valence-electron chi connectivity index (χ3n) is 5.76. The Balaban J connectivity index is 1.60. The first kappa shape index (κ1) is 21.1. The summed E-state index contributed by atoms with van der Waals surface area (Å²) in [6, 6.07) is 24.4. The van der Waals surface area contributed by atoms with Crippen LogP contribution < -0.4 is 0 Å². The molecule has 0 aliphatic carbocycles. The number of hydrogen-bond acceptors (Lipinski definition) is 2. The van der Waals surface area contributed by atoms with Gasteiger partial charge in [-0.05, 0) is 48.2 Å². The van der Waals surface area contributed by atoms with Gasteiger partial charge in [0, 0.05) is 30.2 Å². The molecule has 1 aliphatic rings. The van der Waals surface area contributed by atoms with Gasteiger partial charge in [0.25, 0.3) is 5.91 Å². The molecule has 0 radical (unpaired) electrons. The van der Waals surface area contributed by atoms with Crippen molar-refractivity contribution in [2.75, 3.05) is 13.1 Å². The van der Waals surface area contributed by atoms with Crippen molar-refractivity contribution >= 4 is 23.4 Å². The summed E-state index contributed by atoms with van der Waals surface area (Å²) in [7, 11) is 0. The van der Waals surface area contributed by atoms with Crippen molar-refractivity contribution in [1.29, 1.82) is 0 Å². The average molecular weight is 433 g/mol. The van der Waals surface area contributed by atoms with Gasteiger partial charge in [0.2, 0.25) is 5.91 Å². The highest BCUT2D eigenvalue weighted by Crippen LogP contribution is 2.35. The maximum Gasteiger partial charge on any atom is 0.255 e. The van der Waals surface area contributed by atoms with E-state index in [0.29, 0.717) is 36.6 Å².